The van der Waals surface area contributed by atoms with E-state index in [1.54, 1.807) is 53.0 Å². The van der Waals surface area contributed by atoms with Gasteiger partial charge in [0.15, 0.2) is 0 Å². The molecule has 0 bridgehead atoms. The highest BCUT2D eigenvalue weighted by Crippen LogP contribution is 2.29. The molecule has 1 aliphatic rings. The summed E-state index contributed by atoms with van der Waals surface area (Å²) in [6.45, 7) is 3.23. The lowest BCUT2D eigenvalue weighted by Gasteiger charge is -2.30. The van der Waals surface area contributed by atoms with Crippen molar-refractivity contribution in [2.75, 3.05) is 18.5 Å². The van der Waals surface area contributed by atoms with Gasteiger partial charge in [0.25, 0.3) is 0 Å². The Balaban J connectivity index is 1.48. The number of hydrogen-bond acceptors (Lipinski definition) is 7. The van der Waals surface area contributed by atoms with Crippen molar-refractivity contribution in [3.8, 4) is 17.0 Å². The highest BCUT2D eigenvalue weighted by molar-refractivity contribution is 7.89. The van der Waals surface area contributed by atoms with Gasteiger partial charge in [-0.1, -0.05) is 19.1 Å². The molecule has 162 valence electrons. The lowest BCUT2D eigenvalue weighted by molar-refractivity contribution is 0.281. The summed E-state index contributed by atoms with van der Waals surface area (Å²) in [4.78, 5) is 4.82. The Labute approximate surface area is 186 Å². The van der Waals surface area contributed by atoms with Crippen LogP contribution in [0, 0.1) is 5.92 Å². The van der Waals surface area contributed by atoms with Gasteiger partial charge in [0.05, 0.1) is 16.8 Å². The molecule has 0 amide bonds. The third-order valence-corrected chi connectivity index (χ3v) is 7.77. The molecule has 2 aromatic carbocycles. The Morgan fingerprint density at radius 1 is 1.26 bits per heavy atom. The van der Waals surface area contributed by atoms with Crippen LogP contribution in [0.2, 0.25) is 0 Å². The molecule has 9 heteroatoms. The standard InChI is InChI=1S/C22H24N4O3S2/c1-16-4-3-11-26(14-16)31(28,29)20-6-2-5-18(12-20)21-15-30-22(24-21)25-23-13-17-7-9-19(27)10-8-17/h2,5-10,12-13,15-16,27H,3-4,11,14H2,1H3,(H,24,25)/b23-13+. The van der Waals surface area contributed by atoms with Crippen LogP contribution < -0.4 is 5.43 Å². The van der Waals surface area contributed by atoms with Gasteiger partial charge in [0.1, 0.15) is 5.75 Å². The van der Waals surface area contributed by atoms with E-state index in [0.29, 0.717) is 34.7 Å². The maximum atomic E-state index is 13.1. The Kier molecular flexibility index (Phi) is 6.35. The number of rotatable bonds is 6. The van der Waals surface area contributed by atoms with Crippen molar-refractivity contribution in [1.82, 2.24) is 9.29 Å². The van der Waals surface area contributed by atoms with Gasteiger partial charge in [-0.2, -0.15) is 9.41 Å². The van der Waals surface area contributed by atoms with E-state index in [2.05, 4.69) is 22.4 Å². The minimum absolute atomic E-state index is 0.203. The number of nitrogens with zero attached hydrogens (tertiary/aromatic N) is 3. The molecule has 0 radical (unpaired) electrons. The highest BCUT2D eigenvalue weighted by atomic mass is 32.2. The lowest BCUT2D eigenvalue weighted by Crippen LogP contribution is -2.39. The van der Waals surface area contributed by atoms with Crippen LogP contribution in [0.25, 0.3) is 11.3 Å². The second-order valence-electron chi connectivity index (χ2n) is 7.64. The molecule has 4 rings (SSSR count). The fourth-order valence-corrected chi connectivity index (χ4v) is 5.82. The van der Waals surface area contributed by atoms with Crippen molar-refractivity contribution < 1.29 is 13.5 Å². The number of nitrogens with one attached hydrogen (secondary N) is 1. The number of aromatic hydroxyl groups is 1. The molecular formula is C22H24N4O3S2. The summed E-state index contributed by atoms with van der Waals surface area (Å²) in [5, 5.41) is 15.9. The first kappa shape index (κ1) is 21.5. The van der Waals surface area contributed by atoms with Crippen LogP contribution in [0.3, 0.4) is 0 Å². The Hall–Kier alpha value is -2.75. The van der Waals surface area contributed by atoms with Crippen LogP contribution in [0.4, 0.5) is 5.13 Å². The number of phenols is 1. The van der Waals surface area contributed by atoms with Crippen LogP contribution in [-0.2, 0) is 10.0 Å². The smallest absolute Gasteiger partial charge is 0.243 e. The minimum atomic E-state index is -3.51. The predicted molar refractivity (Wildman–Crippen MR) is 124 cm³/mol. The van der Waals surface area contributed by atoms with E-state index >= 15 is 0 Å². The number of hydrogen-bond donors (Lipinski definition) is 2. The lowest BCUT2D eigenvalue weighted by atomic mass is 10.0. The first-order valence-corrected chi connectivity index (χ1v) is 12.4. The molecule has 0 saturated carbocycles. The zero-order valence-corrected chi connectivity index (χ0v) is 18.7. The molecular weight excluding hydrogens is 432 g/mol. The average molecular weight is 457 g/mol. The number of piperidine rings is 1. The highest BCUT2D eigenvalue weighted by Gasteiger charge is 2.28. The van der Waals surface area contributed by atoms with Crippen molar-refractivity contribution in [1.29, 1.82) is 0 Å². The van der Waals surface area contributed by atoms with E-state index in [1.807, 2.05) is 11.4 Å². The number of anilines is 1. The number of phenolic OH excluding ortho intramolecular Hbond substituents is 1. The van der Waals surface area contributed by atoms with Gasteiger partial charge in [-0.05, 0) is 60.7 Å². The van der Waals surface area contributed by atoms with Crippen molar-refractivity contribution >= 4 is 32.7 Å². The van der Waals surface area contributed by atoms with E-state index in [-0.39, 0.29) is 5.75 Å². The molecule has 7 nitrogen and oxygen atoms in total. The normalized spacial score (nSPS) is 17.8. The van der Waals surface area contributed by atoms with Crippen LogP contribution >= 0.6 is 11.3 Å². The summed E-state index contributed by atoms with van der Waals surface area (Å²) < 4.78 is 27.7. The third-order valence-electron chi connectivity index (χ3n) is 5.16. The van der Waals surface area contributed by atoms with Crippen LogP contribution in [0.5, 0.6) is 5.75 Å². The summed E-state index contributed by atoms with van der Waals surface area (Å²) in [7, 11) is -3.51. The van der Waals surface area contributed by atoms with Crippen LogP contribution in [-0.4, -0.2) is 42.1 Å². The fourth-order valence-electron chi connectivity index (χ4n) is 3.51. The van der Waals surface area contributed by atoms with Gasteiger partial charge in [0, 0.05) is 24.0 Å². The summed E-state index contributed by atoms with van der Waals surface area (Å²) in [6, 6.07) is 13.6. The van der Waals surface area contributed by atoms with E-state index < -0.39 is 10.0 Å². The van der Waals surface area contributed by atoms with Crippen LogP contribution in [0.15, 0.2) is 63.9 Å². The Bertz CT molecular complexity index is 1170. The van der Waals surface area contributed by atoms with Crippen molar-refractivity contribution in [3.63, 3.8) is 0 Å². The quantitative estimate of drug-likeness (QED) is 0.424. The van der Waals surface area contributed by atoms with Crippen molar-refractivity contribution in [2.24, 2.45) is 11.0 Å². The molecule has 2 heterocycles. The molecule has 3 aromatic rings. The van der Waals surface area contributed by atoms with Gasteiger partial charge in [0.2, 0.25) is 15.2 Å². The SMILES string of the molecule is CC1CCCN(S(=O)(=O)c2cccc(-c3csc(N/N=C/c4ccc(O)cc4)n3)c2)C1. The van der Waals surface area contributed by atoms with Crippen molar-refractivity contribution in [2.45, 2.75) is 24.7 Å². The first-order chi connectivity index (χ1) is 14.9. The molecule has 1 saturated heterocycles. The van der Waals surface area contributed by atoms with Gasteiger partial charge in [-0.15, -0.1) is 11.3 Å². The molecule has 0 spiro atoms. The Morgan fingerprint density at radius 3 is 2.84 bits per heavy atom. The van der Waals surface area contributed by atoms with Gasteiger partial charge >= 0.3 is 0 Å². The molecule has 0 aliphatic carbocycles. The monoisotopic (exact) mass is 456 g/mol. The summed E-state index contributed by atoms with van der Waals surface area (Å²) in [5.74, 6) is 0.578. The Morgan fingerprint density at radius 2 is 2.06 bits per heavy atom. The summed E-state index contributed by atoms with van der Waals surface area (Å²) in [6.07, 6.45) is 3.59. The third kappa shape index (κ3) is 5.12. The number of aromatic nitrogens is 1. The number of thiazole rings is 1. The van der Waals surface area contributed by atoms with Gasteiger partial charge in [-0.25, -0.2) is 13.4 Å². The molecule has 31 heavy (non-hydrogen) atoms. The predicted octanol–water partition coefficient (Wildman–Crippen LogP) is 4.38. The maximum Gasteiger partial charge on any atom is 0.243 e. The minimum Gasteiger partial charge on any atom is -0.508 e. The fraction of sp³-hybridized carbons (Fsp3) is 0.273. The first-order valence-electron chi connectivity index (χ1n) is 10.1. The van der Waals surface area contributed by atoms with Gasteiger partial charge < -0.3 is 5.11 Å². The second-order valence-corrected chi connectivity index (χ2v) is 10.4. The largest absolute Gasteiger partial charge is 0.508 e. The van der Waals surface area contributed by atoms with Gasteiger partial charge in [-0.3, -0.25) is 5.43 Å². The second kappa shape index (κ2) is 9.17. The molecule has 1 atom stereocenters. The summed E-state index contributed by atoms with van der Waals surface area (Å²) >= 11 is 1.39. The molecule has 1 unspecified atom stereocenters. The molecule has 1 aliphatic heterocycles. The van der Waals surface area contributed by atoms with E-state index in [1.165, 1.54) is 11.3 Å². The van der Waals surface area contributed by atoms with Crippen molar-refractivity contribution in [3.05, 3.63) is 59.5 Å². The van der Waals surface area contributed by atoms with Crippen LogP contribution in [0.1, 0.15) is 25.3 Å². The summed E-state index contributed by atoms with van der Waals surface area (Å²) in [5.41, 5.74) is 5.17. The molecule has 2 N–H and O–H groups in total. The van der Waals surface area contributed by atoms with E-state index in [9.17, 15) is 13.5 Å². The number of benzene rings is 2. The number of sulfonamides is 1. The number of hydrazone groups is 1. The average Bonchev–Trinajstić information content (AvgIpc) is 3.24. The zero-order chi connectivity index (χ0) is 21.8. The maximum absolute atomic E-state index is 13.1. The van der Waals surface area contributed by atoms with E-state index in [0.717, 1.165) is 24.0 Å². The van der Waals surface area contributed by atoms with E-state index in [4.69, 9.17) is 0 Å². The molecule has 1 aromatic heterocycles. The zero-order valence-electron chi connectivity index (χ0n) is 17.1. The molecule has 1 fully saturated rings. The topological polar surface area (TPSA) is 94.9 Å².